The number of carboxylic acid groups (broad SMARTS) is 1. The van der Waals surface area contributed by atoms with E-state index in [9.17, 15) is 28.6 Å². The van der Waals surface area contributed by atoms with Crippen molar-refractivity contribution in [2.24, 2.45) is 5.92 Å². The van der Waals surface area contributed by atoms with Gasteiger partial charge in [-0.1, -0.05) is 6.42 Å². The fourth-order valence-electron chi connectivity index (χ4n) is 6.13. The molecule has 5 rings (SSSR count). The molecule has 9 nitrogen and oxygen atoms in total. The van der Waals surface area contributed by atoms with Crippen LogP contribution in [0.15, 0.2) is 24.3 Å². The van der Waals surface area contributed by atoms with Crippen molar-refractivity contribution in [1.82, 2.24) is 9.55 Å². The number of aliphatic carboxylic acids is 1. The number of carboxylic acids is 1. The minimum absolute atomic E-state index is 0.108. The van der Waals surface area contributed by atoms with E-state index in [0.717, 1.165) is 11.6 Å². The van der Waals surface area contributed by atoms with Crippen LogP contribution < -0.4 is 9.64 Å². The molecule has 4 atom stereocenters. The van der Waals surface area contributed by atoms with Gasteiger partial charge in [-0.25, -0.2) is 18.6 Å². The number of benzene rings is 2. The molecule has 0 saturated heterocycles. The summed E-state index contributed by atoms with van der Waals surface area (Å²) in [6.45, 7) is 1.93. The number of aliphatic hydroxyl groups excluding tert-OH is 1. The Labute approximate surface area is 224 Å². The number of hydrogen-bond acceptors (Lipinski definition) is 6. The van der Waals surface area contributed by atoms with E-state index in [2.05, 4.69) is 0 Å². The predicted octanol–water partition coefficient (Wildman–Crippen LogP) is 5.13. The molecule has 11 heteroatoms. The minimum atomic E-state index is -1.57. The Morgan fingerprint density at radius 2 is 1.92 bits per heavy atom. The third kappa shape index (κ3) is 4.58. The first kappa shape index (κ1) is 26.9. The molecule has 0 spiro atoms. The Morgan fingerprint density at radius 1 is 1.15 bits per heavy atom. The van der Waals surface area contributed by atoms with Crippen LogP contribution in [0.25, 0.3) is 11.0 Å². The summed E-state index contributed by atoms with van der Waals surface area (Å²) < 4.78 is 40.8. The number of aliphatic hydroxyl groups is 1. The van der Waals surface area contributed by atoms with Crippen molar-refractivity contribution in [3.63, 3.8) is 0 Å². The second-order valence-corrected chi connectivity index (χ2v) is 10.3. The van der Waals surface area contributed by atoms with Crippen molar-refractivity contribution < 1.29 is 38.1 Å². The lowest BCUT2D eigenvalue weighted by molar-refractivity contribution is -0.143. The maximum atomic E-state index is 14.6. The molecule has 1 aromatic heterocycles. The first-order valence-electron chi connectivity index (χ1n) is 13.0. The molecule has 1 aliphatic carbocycles. The predicted molar refractivity (Wildman–Crippen MR) is 138 cm³/mol. The van der Waals surface area contributed by atoms with Crippen molar-refractivity contribution in [1.29, 1.82) is 0 Å². The van der Waals surface area contributed by atoms with Crippen LogP contribution in [0.4, 0.5) is 19.3 Å². The summed E-state index contributed by atoms with van der Waals surface area (Å²) in [7, 11) is 2.55. The van der Waals surface area contributed by atoms with Gasteiger partial charge in [-0.2, -0.15) is 0 Å². The van der Waals surface area contributed by atoms with Crippen molar-refractivity contribution >= 4 is 28.8 Å². The van der Waals surface area contributed by atoms with Gasteiger partial charge in [0, 0.05) is 29.3 Å². The Kier molecular flexibility index (Phi) is 7.19. The number of nitrogens with zero attached hydrogens (tertiary/aromatic N) is 3. The van der Waals surface area contributed by atoms with Crippen LogP contribution in [-0.2, 0) is 16.0 Å². The summed E-state index contributed by atoms with van der Waals surface area (Å²) in [5, 5.41) is 21.3. The van der Waals surface area contributed by atoms with Gasteiger partial charge in [0.05, 0.1) is 36.9 Å². The summed E-state index contributed by atoms with van der Waals surface area (Å²) in [6.07, 6.45) is 1.35. The smallest absolute Gasteiger partial charge is 0.414 e. The number of aryl methyl sites for hydroxylation is 1. The fourth-order valence-corrected chi connectivity index (χ4v) is 6.13. The fraction of sp³-hybridized carbons (Fsp3) is 0.464. The number of rotatable bonds is 5. The van der Waals surface area contributed by atoms with Crippen LogP contribution in [0.2, 0.25) is 0 Å². The van der Waals surface area contributed by atoms with Gasteiger partial charge < -0.3 is 24.3 Å². The SMILES string of the molecule is COC(=O)N1c2ccc3c(nc([C@H](O)c4cc(F)cc(F)c4OC)n3[C@@H]3CCC[C@@H](C(=O)O)C3)c2CC[C@@H]1C. The minimum Gasteiger partial charge on any atom is -0.493 e. The molecule has 2 aliphatic rings. The molecule has 2 aromatic carbocycles. The lowest BCUT2D eigenvalue weighted by Crippen LogP contribution is -2.42. The number of imidazole rings is 1. The first-order chi connectivity index (χ1) is 18.7. The number of halogens is 2. The number of carbonyl (C=O) groups excluding carboxylic acids is 1. The van der Waals surface area contributed by atoms with Crippen LogP contribution in [0.3, 0.4) is 0 Å². The van der Waals surface area contributed by atoms with Crippen LogP contribution in [0.5, 0.6) is 5.75 Å². The highest BCUT2D eigenvalue weighted by Crippen LogP contribution is 2.43. The molecule has 0 unspecified atom stereocenters. The number of methoxy groups -OCH3 is 2. The van der Waals surface area contributed by atoms with Gasteiger partial charge in [-0.3, -0.25) is 9.69 Å². The zero-order valence-electron chi connectivity index (χ0n) is 22.0. The summed E-state index contributed by atoms with van der Waals surface area (Å²) in [4.78, 5) is 30.9. The second-order valence-electron chi connectivity index (χ2n) is 10.3. The molecule has 0 bridgehead atoms. The lowest BCUT2D eigenvalue weighted by Gasteiger charge is -2.34. The number of aromatic nitrogens is 2. The van der Waals surface area contributed by atoms with E-state index >= 15 is 0 Å². The quantitative estimate of drug-likeness (QED) is 0.459. The largest absolute Gasteiger partial charge is 0.493 e. The van der Waals surface area contributed by atoms with E-state index in [1.165, 1.54) is 14.2 Å². The number of hydrogen-bond donors (Lipinski definition) is 2. The van der Waals surface area contributed by atoms with Gasteiger partial charge in [0.25, 0.3) is 0 Å². The van der Waals surface area contributed by atoms with E-state index in [1.54, 1.807) is 21.6 Å². The third-order valence-corrected chi connectivity index (χ3v) is 7.99. The van der Waals surface area contributed by atoms with Gasteiger partial charge in [0.2, 0.25) is 0 Å². The molecule has 0 radical (unpaired) electrons. The molecule has 1 fully saturated rings. The molecule has 2 N–H and O–H groups in total. The zero-order valence-corrected chi connectivity index (χ0v) is 22.0. The molecule has 39 heavy (non-hydrogen) atoms. The highest BCUT2D eigenvalue weighted by atomic mass is 19.1. The lowest BCUT2D eigenvalue weighted by atomic mass is 9.85. The van der Waals surface area contributed by atoms with E-state index in [0.29, 0.717) is 61.3 Å². The van der Waals surface area contributed by atoms with E-state index in [-0.39, 0.29) is 29.2 Å². The first-order valence-corrected chi connectivity index (χ1v) is 13.0. The van der Waals surface area contributed by atoms with Crippen LogP contribution in [0.1, 0.15) is 68.1 Å². The van der Waals surface area contributed by atoms with E-state index in [1.807, 2.05) is 6.92 Å². The van der Waals surface area contributed by atoms with Gasteiger partial charge in [0.15, 0.2) is 11.6 Å². The topological polar surface area (TPSA) is 114 Å². The summed E-state index contributed by atoms with van der Waals surface area (Å²) >= 11 is 0. The van der Waals surface area contributed by atoms with Gasteiger partial charge in [-0.15, -0.1) is 0 Å². The maximum Gasteiger partial charge on any atom is 0.414 e. The molecule has 1 saturated carbocycles. The van der Waals surface area contributed by atoms with Crippen LogP contribution >= 0.6 is 0 Å². The highest BCUT2D eigenvalue weighted by Gasteiger charge is 2.36. The van der Waals surface area contributed by atoms with Crippen LogP contribution in [-0.4, -0.2) is 52.1 Å². The van der Waals surface area contributed by atoms with Crippen LogP contribution in [0, 0.1) is 17.6 Å². The van der Waals surface area contributed by atoms with Crippen molar-refractivity contribution in [2.75, 3.05) is 19.1 Å². The summed E-state index contributed by atoms with van der Waals surface area (Å²) in [5.41, 5.74) is 2.48. The second kappa shape index (κ2) is 10.4. The van der Waals surface area contributed by atoms with Gasteiger partial charge in [0.1, 0.15) is 17.7 Å². The molecule has 1 amide bonds. The van der Waals surface area contributed by atoms with E-state index < -0.39 is 35.7 Å². The molecular formula is C28H31F2N3O6. The highest BCUT2D eigenvalue weighted by molar-refractivity contribution is 5.95. The number of carbonyl (C=O) groups is 2. The van der Waals surface area contributed by atoms with Crippen molar-refractivity contribution in [2.45, 2.75) is 63.6 Å². The summed E-state index contributed by atoms with van der Waals surface area (Å²) in [5.74, 6) is -3.48. The van der Waals surface area contributed by atoms with Crippen molar-refractivity contribution in [3.8, 4) is 5.75 Å². The van der Waals surface area contributed by atoms with Gasteiger partial charge in [-0.05, 0) is 57.2 Å². The average molecular weight is 544 g/mol. The molecule has 3 aromatic rings. The number of ether oxygens (including phenoxy) is 2. The molecule has 208 valence electrons. The third-order valence-electron chi connectivity index (χ3n) is 7.99. The number of amides is 1. The Bertz CT molecular complexity index is 1440. The van der Waals surface area contributed by atoms with E-state index in [4.69, 9.17) is 14.5 Å². The Balaban J connectivity index is 1.73. The van der Waals surface area contributed by atoms with Crippen molar-refractivity contribution in [3.05, 3.63) is 52.9 Å². The molecule has 2 heterocycles. The van der Waals surface area contributed by atoms with Gasteiger partial charge >= 0.3 is 12.1 Å². The number of anilines is 1. The summed E-state index contributed by atoms with van der Waals surface area (Å²) in [6, 6.07) is 4.85. The monoisotopic (exact) mass is 543 g/mol. The molecular weight excluding hydrogens is 512 g/mol. The Hall–Kier alpha value is -3.73. The molecule has 1 aliphatic heterocycles. The average Bonchev–Trinajstić information content (AvgIpc) is 3.31. The maximum absolute atomic E-state index is 14.6. The zero-order chi connectivity index (χ0) is 28.0. The number of fused-ring (bicyclic) bond motifs is 3. The normalized spacial score (nSPS) is 21.9. The Morgan fingerprint density at radius 3 is 2.62 bits per heavy atom. The standard InChI is InChI=1S/C28H31F2N3O6/c1-14-7-8-18-21(32(14)28(37)39-3)9-10-22-23(18)31-26(33(22)17-6-4-5-15(11-17)27(35)36)24(34)19-12-16(29)13-20(30)25(19)38-2/h9-10,12-15,17,24,34H,4-8,11H2,1-3H3,(H,35,36)/t14-,15+,17+,24+/m0/s1.